The molecule has 0 bridgehead atoms. The Balaban J connectivity index is 2.18. The van der Waals surface area contributed by atoms with Crippen molar-refractivity contribution in [1.82, 2.24) is 10.1 Å². The summed E-state index contributed by atoms with van der Waals surface area (Å²) in [5.74, 6) is 0.551. The van der Waals surface area contributed by atoms with Crippen molar-refractivity contribution in [3.8, 4) is 0 Å². The van der Waals surface area contributed by atoms with Crippen LogP contribution in [0.4, 0.5) is 4.39 Å². The summed E-state index contributed by atoms with van der Waals surface area (Å²) in [6.45, 7) is 3.56. The molecule has 0 radical (unpaired) electrons. The van der Waals surface area contributed by atoms with E-state index < -0.39 is 17.7 Å². The molecule has 0 amide bonds. The van der Waals surface area contributed by atoms with Crippen molar-refractivity contribution < 1.29 is 14.0 Å². The van der Waals surface area contributed by atoms with E-state index in [1.807, 2.05) is 6.92 Å². The van der Waals surface area contributed by atoms with E-state index in [4.69, 9.17) is 4.52 Å². The molecule has 1 heterocycles. The van der Waals surface area contributed by atoms with Crippen molar-refractivity contribution in [2.75, 3.05) is 0 Å². The number of hydrogen-bond donors (Lipinski definition) is 1. The molecule has 0 aliphatic heterocycles. The molecule has 1 aliphatic carbocycles. The third-order valence-corrected chi connectivity index (χ3v) is 2.75. The van der Waals surface area contributed by atoms with E-state index in [1.165, 1.54) is 0 Å². The molecule has 1 aromatic rings. The van der Waals surface area contributed by atoms with Gasteiger partial charge in [0.2, 0.25) is 5.89 Å². The Bertz CT molecular complexity index is 341. The third kappa shape index (κ3) is 1.32. The molecule has 1 aliphatic rings. The first kappa shape index (κ1) is 9.58. The van der Waals surface area contributed by atoms with Gasteiger partial charge < -0.3 is 9.63 Å². The fraction of sp³-hybridized carbons (Fsp3) is 0.778. The van der Waals surface area contributed by atoms with Crippen molar-refractivity contribution in [2.24, 2.45) is 0 Å². The van der Waals surface area contributed by atoms with Crippen molar-refractivity contribution in [1.29, 1.82) is 0 Å². The number of aromatic nitrogens is 2. The van der Waals surface area contributed by atoms with E-state index in [0.717, 1.165) is 0 Å². The van der Waals surface area contributed by atoms with Gasteiger partial charge in [-0.2, -0.15) is 4.98 Å². The van der Waals surface area contributed by atoms with Crippen molar-refractivity contribution in [3.63, 3.8) is 0 Å². The van der Waals surface area contributed by atoms with Crippen LogP contribution in [-0.2, 0) is 5.41 Å². The Morgan fingerprint density at radius 1 is 1.79 bits per heavy atom. The first-order chi connectivity index (χ1) is 6.58. The fourth-order valence-electron chi connectivity index (χ4n) is 1.32. The first-order valence-electron chi connectivity index (χ1n) is 4.74. The maximum atomic E-state index is 12.9. The highest BCUT2D eigenvalue weighted by molar-refractivity contribution is 5.19. The summed E-state index contributed by atoms with van der Waals surface area (Å²) < 4.78 is 17.9. The van der Waals surface area contributed by atoms with E-state index in [9.17, 15) is 9.50 Å². The average Bonchev–Trinajstić information content (AvgIpc) is 2.67. The van der Waals surface area contributed by atoms with Crippen molar-refractivity contribution >= 4 is 0 Å². The Labute approximate surface area is 81.1 Å². The number of halogens is 1. The molecule has 1 saturated carbocycles. The summed E-state index contributed by atoms with van der Waals surface area (Å²) in [6.07, 6.45) is -0.659. The summed E-state index contributed by atoms with van der Waals surface area (Å²) in [5, 5.41) is 13.0. The Kier molecular flexibility index (Phi) is 2.06. The van der Waals surface area contributed by atoms with Crippen molar-refractivity contribution in [3.05, 3.63) is 11.7 Å². The monoisotopic (exact) mass is 200 g/mol. The molecule has 1 N–H and O–H groups in total. The standard InChI is InChI=1S/C9H13FN2O2/c1-3-5(13)7-11-8(14-12-7)9(2)4-6(9)10/h5-6,13H,3-4H2,1-2H3. The minimum atomic E-state index is -0.894. The topological polar surface area (TPSA) is 59.2 Å². The molecular weight excluding hydrogens is 187 g/mol. The van der Waals surface area contributed by atoms with E-state index in [2.05, 4.69) is 10.1 Å². The van der Waals surface area contributed by atoms with Gasteiger partial charge in [-0.15, -0.1) is 0 Å². The number of aliphatic hydroxyl groups excluding tert-OH is 1. The summed E-state index contributed by atoms with van der Waals surface area (Å²) in [7, 11) is 0. The average molecular weight is 200 g/mol. The van der Waals surface area contributed by atoms with Crippen LogP contribution >= 0.6 is 0 Å². The maximum absolute atomic E-state index is 12.9. The predicted molar refractivity (Wildman–Crippen MR) is 46.4 cm³/mol. The van der Waals surface area contributed by atoms with E-state index in [-0.39, 0.29) is 5.82 Å². The normalized spacial score (nSPS) is 33.0. The summed E-state index contributed by atoms with van der Waals surface area (Å²) >= 11 is 0. The quantitative estimate of drug-likeness (QED) is 0.803. The van der Waals surface area contributed by atoms with Crippen LogP contribution in [0, 0.1) is 0 Å². The first-order valence-corrected chi connectivity index (χ1v) is 4.74. The lowest BCUT2D eigenvalue weighted by atomic mass is 10.1. The molecule has 78 valence electrons. The minimum absolute atomic E-state index is 0.253. The van der Waals surface area contributed by atoms with Gasteiger partial charge in [-0.3, -0.25) is 0 Å². The second-order valence-corrected chi connectivity index (χ2v) is 3.97. The zero-order valence-electron chi connectivity index (χ0n) is 8.20. The lowest BCUT2D eigenvalue weighted by Crippen LogP contribution is -2.06. The Hall–Kier alpha value is -0.970. The van der Waals surface area contributed by atoms with Gasteiger partial charge in [0, 0.05) is 0 Å². The number of rotatable bonds is 3. The molecule has 3 atom stereocenters. The highest BCUT2D eigenvalue weighted by atomic mass is 19.1. The summed E-state index contributed by atoms with van der Waals surface area (Å²) in [4.78, 5) is 4.00. The van der Waals surface area contributed by atoms with Crippen LogP contribution in [0.2, 0.25) is 0 Å². The second-order valence-electron chi connectivity index (χ2n) is 3.97. The lowest BCUT2D eigenvalue weighted by Gasteiger charge is -2.00. The smallest absolute Gasteiger partial charge is 0.235 e. The molecule has 0 aromatic carbocycles. The fourth-order valence-corrected chi connectivity index (χ4v) is 1.32. The highest BCUT2D eigenvalue weighted by Crippen LogP contribution is 2.49. The zero-order valence-corrected chi connectivity index (χ0v) is 8.20. The second kappa shape index (κ2) is 3.02. The molecule has 0 saturated heterocycles. The van der Waals surface area contributed by atoms with Gasteiger partial charge >= 0.3 is 0 Å². The van der Waals surface area contributed by atoms with E-state index in [1.54, 1.807) is 6.92 Å². The molecule has 2 rings (SSSR count). The third-order valence-electron chi connectivity index (χ3n) is 2.75. The van der Waals surface area contributed by atoms with Crippen LogP contribution in [0.5, 0.6) is 0 Å². The number of alkyl halides is 1. The van der Waals surface area contributed by atoms with Crippen molar-refractivity contribution in [2.45, 2.75) is 44.4 Å². The molecule has 4 nitrogen and oxygen atoms in total. The number of aliphatic hydroxyl groups is 1. The van der Waals surface area contributed by atoms with Gasteiger partial charge in [0.1, 0.15) is 12.3 Å². The van der Waals surface area contributed by atoms with Crippen LogP contribution in [0.25, 0.3) is 0 Å². The molecule has 5 heteroatoms. The van der Waals surface area contributed by atoms with Crippen LogP contribution in [-0.4, -0.2) is 21.4 Å². The zero-order chi connectivity index (χ0) is 10.3. The van der Waals surface area contributed by atoms with Crippen LogP contribution in [0.1, 0.15) is 44.5 Å². The van der Waals surface area contributed by atoms with Gasteiger partial charge in [0.25, 0.3) is 0 Å². The molecule has 14 heavy (non-hydrogen) atoms. The van der Waals surface area contributed by atoms with Gasteiger partial charge in [0.15, 0.2) is 5.82 Å². The van der Waals surface area contributed by atoms with E-state index in [0.29, 0.717) is 18.7 Å². The molecule has 1 fully saturated rings. The Morgan fingerprint density at radius 2 is 2.43 bits per heavy atom. The van der Waals surface area contributed by atoms with Crippen LogP contribution in [0.3, 0.4) is 0 Å². The Morgan fingerprint density at radius 3 is 2.93 bits per heavy atom. The predicted octanol–water partition coefficient (Wildman–Crippen LogP) is 1.51. The minimum Gasteiger partial charge on any atom is -0.385 e. The molecular formula is C9H13FN2O2. The highest BCUT2D eigenvalue weighted by Gasteiger charge is 2.57. The lowest BCUT2D eigenvalue weighted by molar-refractivity contribution is 0.159. The molecule has 0 spiro atoms. The molecule has 3 unspecified atom stereocenters. The van der Waals surface area contributed by atoms with Gasteiger partial charge in [-0.1, -0.05) is 12.1 Å². The van der Waals surface area contributed by atoms with Crippen LogP contribution < -0.4 is 0 Å². The maximum Gasteiger partial charge on any atom is 0.235 e. The largest absolute Gasteiger partial charge is 0.385 e. The SMILES string of the molecule is CCC(O)c1noc(C2(C)CC2F)n1. The number of hydrogen-bond acceptors (Lipinski definition) is 4. The van der Waals surface area contributed by atoms with Gasteiger partial charge in [0.05, 0.1) is 5.41 Å². The van der Waals surface area contributed by atoms with Crippen LogP contribution in [0.15, 0.2) is 4.52 Å². The van der Waals surface area contributed by atoms with Gasteiger partial charge in [-0.05, 0) is 19.8 Å². The summed E-state index contributed by atoms with van der Waals surface area (Å²) in [5.41, 5.74) is -0.612. The van der Waals surface area contributed by atoms with E-state index >= 15 is 0 Å². The van der Waals surface area contributed by atoms with Gasteiger partial charge in [-0.25, -0.2) is 4.39 Å². The molecule has 1 aromatic heterocycles. The summed E-state index contributed by atoms with van der Waals surface area (Å²) in [6, 6.07) is 0. The number of nitrogens with zero attached hydrogens (tertiary/aromatic N) is 2.